The van der Waals surface area contributed by atoms with Gasteiger partial charge in [-0.05, 0) is 48.9 Å². The number of rotatable bonds is 5. The van der Waals surface area contributed by atoms with Crippen LogP contribution in [0.25, 0.3) is 0 Å². The van der Waals surface area contributed by atoms with Crippen molar-refractivity contribution in [1.82, 2.24) is 4.90 Å². The molecule has 0 saturated carbocycles. The number of aryl methyl sites for hydroxylation is 1. The van der Waals surface area contributed by atoms with Crippen LogP contribution < -0.4 is 0 Å². The topological polar surface area (TPSA) is 40.5 Å². The molecule has 2 rings (SSSR count). The quantitative estimate of drug-likeness (QED) is 0.915. The van der Waals surface area contributed by atoms with Crippen LogP contribution in [0.2, 0.25) is 0 Å². The number of hydrogen-bond donors (Lipinski definition) is 1. The fraction of sp³-hybridized carbons (Fsp3) is 0.235. The maximum Gasteiger partial charge on any atom is 0.335 e. The number of aromatic carboxylic acids is 1. The molecule has 3 nitrogen and oxygen atoms in total. The highest BCUT2D eigenvalue weighted by molar-refractivity contribution is 5.87. The van der Waals surface area contributed by atoms with E-state index in [1.165, 1.54) is 6.07 Å². The lowest BCUT2D eigenvalue weighted by molar-refractivity contribution is 0.0697. The molecule has 21 heavy (non-hydrogen) atoms. The molecule has 0 aliphatic heterocycles. The minimum atomic E-state index is -0.920. The van der Waals surface area contributed by atoms with E-state index in [0.717, 1.165) is 11.1 Å². The van der Waals surface area contributed by atoms with E-state index in [0.29, 0.717) is 18.7 Å². The molecule has 2 aromatic carbocycles. The molecular weight excluding hydrogens is 269 g/mol. The van der Waals surface area contributed by atoms with Gasteiger partial charge in [-0.3, -0.25) is 4.90 Å². The van der Waals surface area contributed by atoms with Gasteiger partial charge < -0.3 is 5.11 Å². The molecule has 0 spiro atoms. The zero-order valence-electron chi connectivity index (χ0n) is 12.1. The molecule has 0 amide bonds. The van der Waals surface area contributed by atoms with E-state index in [1.54, 1.807) is 25.1 Å². The standard InChI is InChI=1S/C17H18FNO2/c1-12-9-14(5-8-16(12)18)11-19(2)10-13-3-6-15(7-4-13)17(20)21/h3-9H,10-11H2,1-2H3,(H,20,21). The third-order valence-electron chi connectivity index (χ3n) is 3.33. The molecule has 0 bridgehead atoms. The summed E-state index contributed by atoms with van der Waals surface area (Å²) in [6.07, 6.45) is 0. The van der Waals surface area contributed by atoms with Gasteiger partial charge in [-0.15, -0.1) is 0 Å². The van der Waals surface area contributed by atoms with Gasteiger partial charge in [0.1, 0.15) is 5.82 Å². The molecule has 0 fully saturated rings. The summed E-state index contributed by atoms with van der Waals surface area (Å²) in [7, 11) is 1.98. The van der Waals surface area contributed by atoms with E-state index >= 15 is 0 Å². The van der Waals surface area contributed by atoms with Crippen LogP contribution in [0.4, 0.5) is 4.39 Å². The van der Waals surface area contributed by atoms with Crippen LogP contribution in [-0.2, 0) is 13.1 Å². The molecule has 4 heteroatoms. The highest BCUT2D eigenvalue weighted by Gasteiger charge is 2.06. The van der Waals surface area contributed by atoms with E-state index < -0.39 is 5.97 Å². The van der Waals surface area contributed by atoms with Crippen molar-refractivity contribution in [2.24, 2.45) is 0 Å². The van der Waals surface area contributed by atoms with E-state index in [2.05, 4.69) is 4.90 Å². The van der Waals surface area contributed by atoms with Gasteiger partial charge in [0, 0.05) is 13.1 Å². The van der Waals surface area contributed by atoms with Gasteiger partial charge in [-0.2, -0.15) is 0 Å². The fourth-order valence-electron chi connectivity index (χ4n) is 2.24. The minimum absolute atomic E-state index is 0.189. The molecule has 1 N–H and O–H groups in total. The number of benzene rings is 2. The zero-order valence-corrected chi connectivity index (χ0v) is 12.1. The van der Waals surface area contributed by atoms with Crippen LogP contribution in [0.3, 0.4) is 0 Å². The Morgan fingerprint density at radius 1 is 1.10 bits per heavy atom. The van der Waals surface area contributed by atoms with Crippen LogP contribution in [0.1, 0.15) is 27.0 Å². The van der Waals surface area contributed by atoms with Crippen molar-refractivity contribution in [2.45, 2.75) is 20.0 Å². The zero-order chi connectivity index (χ0) is 15.4. The molecule has 0 heterocycles. The molecule has 0 unspecified atom stereocenters. The number of carboxylic acid groups (broad SMARTS) is 1. The second-order valence-corrected chi connectivity index (χ2v) is 5.26. The monoisotopic (exact) mass is 287 g/mol. The smallest absolute Gasteiger partial charge is 0.335 e. The van der Waals surface area contributed by atoms with Crippen molar-refractivity contribution < 1.29 is 14.3 Å². The second-order valence-electron chi connectivity index (χ2n) is 5.26. The third kappa shape index (κ3) is 4.13. The van der Waals surface area contributed by atoms with Gasteiger partial charge >= 0.3 is 5.97 Å². The molecule has 0 aliphatic rings. The Balaban J connectivity index is 1.99. The van der Waals surface area contributed by atoms with Crippen molar-refractivity contribution in [3.05, 3.63) is 70.5 Å². The first-order chi connectivity index (χ1) is 9.95. The fourth-order valence-corrected chi connectivity index (χ4v) is 2.24. The van der Waals surface area contributed by atoms with Gasteiger partial charge in [0.05, 0.1) is 5.56 Å². The van der Waals surface area contributed by atoms with Crippen LogP contribution in [-0.4, -0.2) is 23.0 Å². The van der Waals surface area contributed by atoms with Gasteiger partial charge in [-0.25, -0.2) is 9.18 Å². The lowest BCUT2D eigenvalue weighted by Crippen LogP contribution is -2.17. The molecule has 0 aliphatic carbocycles. The van der Waals surface area contributed by atoms with Gasteiger partial charge in [0.15, 0.2) is 0 Å². The summed E-state index contributed by atoms with van der Waals surface area (Å²) in [5.41, 5.74) is 3.03. The Morgan fingerprint density at radius 2 is 1.67 bits per heavy atom. The molecule has 0 saturated heterocycles. The van der Waals surface area contributed by atoms with E-state index in [4.69, 9.17) is 5.11 Å². The van der Waals surface area contributed by atoms with Gasteiger partial charge in [0.2, 0.25) is 0 Å². The Kier molecular flexibility index (Phi) is 4.70. The molecular formula is C17H18FNO2. The highest BCUT2D eigenvalue weighted by atomic mass is 19.1. The summed E-state index contributed by atoms with van der Waals surface area (Å²) in [6, 6.07) is 12.0. The van der Waals surface area contributed by atoms with E-state index in [9.17, 15) is 9.18 Å². The number of carbonyl (C=O) groups is 1. The first kappa shape index (κ1) is 15.2. The molecule has 0 atom stereocenters. The lowest BCUT2D eigenvalue weighted by Gasteiger charge is -2.17. The summed E-state index contributed by atoms with van der Waals surface area (Å²) in [6.45, 7) is 3.17. The summed E-state index contributed by atoms with van der Waals surface area (Å²) in [5.74, 6) is -1.11. The number of hydrogen-bond acceptors (Lipinski definition) is 2. The Bertz CT molecular complexity index is 638. The van der Waals surface area contributed by atoms with Crippen molar-refractivity contribution >= 4 is 5.97 Å². The molecule has 0 radical (unpaired) electrons. The second kappa shape index (κ2) is 6.50. The van der Waals surface area contributed by atoms with Crippen LogP contribution in [0.15, 0.2) is 42.5 Å². The van der Waals surface area contributed by atoms with E-state index in [1.807, 2.05) is 25.2 Å². The first-order valence-electron chi connectivity index (χ1n) is 6.71. The van der Waals surface area contributed by atoms with Crippen LogP contribution in [0, 0.1) is 12.7 Å². The average Bonchev–Trinajstić information content (AvgIpc) is 2.43. The van der Waals surface area contributed by atoms with Crippen LogP contribution in [0.5, 0.6) is 0 Å². The summed E-state index contributed by atoms with van der Waals surface area (Å²) in [5, 5.41) is 8.86. The van der Waals surface area contributed by atoms with Crippen molar-refractivity contribution in [1.29, 1.82) is 0 Å². The maximum absolute atomic E-state index is 13.2. The number of carboxylic acids is 1. The van der Waals surface area contributed by atoms with Gasteiger partial charge in [-0.1, -0.05) is 24.3 Å². The largest absolute Gasteiger partial charge is 0.478 e. The predicted molar refractivity (Wildman–Crippen MR) is 79.7 cm³/mol. The Morgan fingerprint density at radius 3 is 2.24 bits per heavy atom. The van der Waals surface area contributed by atoms with E-state index in [-0.39, 0.29) is 11.4 Å². The molecule has 0 aromatic heterocycles. The predicted octanol–water partition coefficient (Wildman–Crippen LogP) is 3.46. The summed E-state index contributed by atoms with van der Waals surface area (Å²) >= 11 is 0. The SMILES string of the molecule is Cc1cc(CN(C)Cc2ccc(C(=O)O)cc2)ccc1F. The van der Waals surface area contributed by atoms with Crippen molar-refractivity contribution in [2.75, 3.05) is 7.05 Å². The Hall–Kier alpha value is -2.20. The molecule has 2 aromatic rings. The Labute approximate surface area is 123 Å². The van der Waals surface area contributed by atoms with Gasteiger partial charge in [0.25, 0.3) is 0 Å². The minimum Gasteiger partial charge on any atom is -0.478 e. The van der Waals surface area contributed by atoms with Crippen molar-refractivity contribution in [3.63, 3.8) is 0 Å². The number of halogens is 1. The molecule has 110 valence electrons. The summed E-state index contributed by atoms with van der Waals surface area (Å²) in [4.78, 5) is 12.9. The van der Waals surface area contributed by atoms with Crippen LogP contribution >= 0.6 is 0 Å². The lowest BCUT2D eigenvalue weighted by atomic mass is 10.1. The summed E-state index contributed by atoms with van der Waals surface area (Å²) < 4.78 is 13.2. The van der Waals surface area contributed by atoms with Crippen molar-refractivity contribution in [3.8, 4) is 0 Å². The average molecular weight is 287 g/mol. The third-order valence-corrected chi connectivity index (χ3v) is 3.33. The normalized spacial score (nSPS) is 10.9. The number of nitrogens with zero attached hydrogens (tertiary/aromatic N) is 1. The maximum atomic E-state index is 13.2. The highest BCUT2D eigenvalue weighted by Crippen LogP contribution is 2.13. The first-order valence-corrected chi connectivity index (χ1v) is 6.71.